The summed E-state index contributed by atoms with van der Waals surface area (Å²) in [5.74, 6) is -11.1. The van der Waals surface area contributed by atoms with Gasteiger partial charge < -0.3 is 18.9 Å². The molecule has 7 aromatic rings. The molecule has 2 aliphatic heterocycles. The average molecular weight is 1050 g/mol. The van der Waals surface area contributed by atoms with Gasteiger partial charge in [-0.05, 0) is 107 Å². The Morgan fingerprint density at radius 2 is 0.653 bits per heavy atom. The summed E-state index contributed by atoms with van der Waals surface area (Å²) in [7, 11) is 5.54. The molecule has 2 saturated heterocycles. The predicted octanol–water partition coefficient (Wildman–Crippen LogP) is 8.48. The van der Waals surface area contributed by atoms with Gasteiger partial charge in [-0.1, -0.05) is 48.5 Å². The van der Waals surface area contributed by atoms with Crippen LogP contribution in [0.4, 0.5) is 0 Å². The molecule has 2 aromatic heterocycles. The number of likely N-dealkylation sites (tertiary alicyclic amines) is 2. The number of alkyl halides is 4. The third-order valence-corrected chi connectivity index (χ3v) is 20.0. The third kappa shape index (κ3) is 4.83. The molecule has 5 aromatic carbocycles. The Morgan fingerprint density at radius 1 is 0.431 bits per heavy atom. The molecule has 6 aliphatic rings. The first-order valence-electron chi connectivity index (χ1n) is 23.5. The topological polar surface area (TPSA) is 163 Å². The van der Waals surface area contributed by atoms with Gasteiger partial charge in [-0.25, -0.2) is 19.9 Å². The SMILES string of the molecule is COC1(OC)[C@@]2(Cl)c3nc4cc(C)c(C)cc4nc3[C@]1(Cl)[C@@H]1C(=O)N(Cc3c4ccccc4c(CN4C(=O)[C@@H]5[C@H](C4=O)[C@]4(Cl)c6nc7cc(C)c(C)cc7nc6[C@@]5(Cl)C4(OC)OC)c4ccccc34)C(=O)[C@@H]12. The number of nitrogens with zero attached hydrogens (tertiary/aromatic N) is 6. The second-order valence-electron chi connectivity index (χ2n) is 20.1. The van der Waals surface area contributed by atoms with Crippen molar-refractivity contribution in [2.45, 2.75) is 71.9 Å². The Morgan fingerprint density at radius 3 is 0.861 bits per heavy atom. The van der Waals surface area contributed by atoms with Crippen LogP contribution in [0.3, 0.4) is 0 Å². The maximum absolute atomic E-state index is 15.2. The zero-order valence-corrected chi connectivity index (χ0v) is 43.1. The van der Waals surface area contributed by atoms with Crippen molar-refractivity contribution in [2.24, 2.45) is 23.7 Å². The van der Waals surface area contributed by atoms with Crippen LogP contribution in [0.2, 0.25) is 0 Å². The van der Waals surface area contributed by atoms with Crippen molar-refractivity contribution in [2.75, 3.05) is 28.4 Å². The zero-order chi connectivity index (χ0) is 50.7. The van der Waals surface area contributed by atoms with Crippen LogP contribution in [-0.4, -0.2) is 93.4 Å². The summed E-state index contributed by atoms with van der Waals surface area (Å²) >= 11 is 31.2. The van der Waals surface area contributed by atoms with Crippen molar-refractivity contribution < 1.29 is 38.1 Å². The van der Waals surface area contributed by atoms with Gasteiger partial charge >= 0.3 is 0 Å². The Balaban J connectivity index is 0.908. The number of hydrogen-bond acceptors (Lipinski definition) is 12. The molecule has 4 amide bonds. The highest BCUT2D eigenvalue weighted by atomic mass is 35.5. The standard InChI is InChI=1S/C54H44Cl4N6O8/c1-23-17-33-34(18-24(23)2)60-42-41(59-33)49(55)37-38(50(42,56)53(49,69-5)70-6)46(66)63(45(37)65)21-31-27-13-9-11-15-29(27)32(30-16-12-10-14-28(30)31)22-64-47(67)39-40(48(64)68)52(58)44-43(51(39,57)54(52,71-7)72-8)61-35-19-25(3)26(4)20-36(35)62-44/h9-20,37-40H,21-22H2,1-8H3/t37-,38+,39-,40+,49+,50-,51+,52-. The lowest BCUT2D eigenvalue weighted by Crippen LogP contribution is -2.56. The van der Waals surface area contributed by atoms with Crippen LogP contribution in [0, 0.1) is 51.4 Å². The first-order valence-corrected chi connectivity index (χ1v) is 25.0. The molecule has 4 fully saturated rings. The van der Waals surface area contributed by atoms with Crippen LogP contribution in [0.5, 0.6) is 0 Å². The Labute approximate surface area is 432 Å². The lowest BCUT2D eigenvalue weighted by Gasteiger charge is -2.41. The number of amides is 4. The number of aromatic nitrogens is 4. The van der Waals surface area contributed by atoms with Crippen LogP contribution in [0.1, 0.15) is 56.2 Å². The normalized spacial score (nSPS) is 30.2. The van der Waals surface area contributed by atoms with Gasteiger partial charge in [-0.2, -0.15) is 0 Å². The van der Waals surface area contributed by atoms with Gasteiger partial charge in [0, 0.05) is 28.4 Å². The minimum atomic E-state index is -1.91. The first kappa shape index (κ1) is 46.4. The lowest BCUT2D eigenvalue weighted by molar-refractivity contribution is -0.239. The number of ether oxygens (including phenoxy) is 4. The summed E-state index contributed by atoms with van der Waals surface area (Å²) in [4.78, 5) is 75.8. The second kappa shape index (κ2) is 14.7. The van der Waals surface area contributed by atoms with E-state index < -0.39 is 78.4 Å². The molecule has 366 valence electrons. The van der Waals surface area contributed by atoms with Crippen LogP contribution in [0.15, 0.2) is 72.8 Å². The molecule has 4 heterocycles. The van der Waals surface area contributed by atoms with E-state index in [0.717, 1.165) is 22.3 Å². The number of carbonyl (C=O) groups is 4. The van der Waals surface area contributed by atoms with E-state index in [1.807, 2.05) is 100 Å². The Bertz CT molecular complexity index is 3280. The van der Waals surface area contributed by atoms with E-state index in [1.165, 1.54) is 38.2 Å². The van der Waals surface area contributed by atoms with Crippen molar-refractivity contribution in [1.29, 1.82) is 0 Å². The number of methoxy groups -OCH3 is 4. The minimum absolute atomic E-state index is 0.173. The van der Waals surface area contributed by atoms with E-state index in [1.54, 1.807) is 0 Å². The summed E-state index contributed by atoms with van der Waals surface area (Å²) in [5, 5.41) is 2.71. The van der Waals surface area contributed by atoms with Gasteiger partial charge in [0.15, 0.2) is 19.5 Å². The molecule has 0 unspecified atom stereocenters. The third-order valence-electron chi connectivity index (χ3n) is 17.3. The monoisotopic (exact) mass is 1040 g/mol. The van der Waals surface area contributed by atoms with Crippen molar-refractivity contribution in [3.8, 4) is 0 Å². The van der Waals surface area contributed by atoms with Crippen LogP contribution in [-0.2, 0) is 70.7 Å². The highest BCUT2D eigenvalue weighted by Gasteiger charge is 2.92. The van der Waals surface area contributed by atoms with E-state index in [4.69, 9.17) is 85.3 Å². The smallest absolute Gasteiger partial charge is 0.235 e. The number of imide groups is 2. The molecule has 72 heavy (non-hydrogen) atoms. The van der Waals surface area contributed by atoms with Crippen molar-refractivity contribution in [1.82, 2.24) is 29.7 Å². The summed E-state index contributed by atoms with van der Waals surface area (Å²) < 4.78 is 24.5. The zero-order valence-electron chi connectivity index (χ0n) is 40.1. The van der Waals surface area contributed by atoms with Gasteiger partial charge in [0.2, 0.25) is 35.2 Å². The summed E-state index contributed by atoms with van der Waals surface area (Å²) in [6.45, 7) is 7.51. The fourth-order valence-electron chi connectivity index (χ4n) is 13.9. The number of aryl methyl sites for hydroxylation is 4. The summed E-state index contributed by atoms with van der Waals surface area (Å²) in [6, 6.07) is 22.6. The van der Waals surface area contributed by atoms with E-state index in [-0.39, 0.29) is 35.9 Å². The fraction of sp³-hybridized carbons (Fsp3) is 0.370. The molecule has 0 N–H and O–H groups in total. The lowest BCUT2D eigenvalue weighted by atomic mass is 9.80. The van der Waals surface area contributed by atoms with Gasteiger partial charge in [-0.15, -0.1) is 46.4 Å². The van der Waals surface area contributed by atoms with Crippen molar-refractivity contribution >= 4 is 114 Å². The number of carbonyl (C=O) groups excluding carboxylic acids is 4. The van der Waals surface area contributed by atoms with Gasteiger partial charge in [-0.3, -0.25) is 29.0 Å². The van der Waals surface area contributed by atoms with Crippen molar-refractivity contribution in [3.63, 3.8) is 0 Å². The Kier molecular flexibility index (Phi) is 9.44. The largest absolute Gasteiger partial charge is 0.349 e. The second-order valence-corrected chi connectivity index (χ2v) is 22.5. The number of hydrogen-bond donors (Lipinski definition) is 0. The van der Waals surface area contributed by atoms with E-state index in [9.17, 15) is 0 Å². The fourth-order valence-corrected chi connectivity index (χ4v) is 16.6. The molecule has 0 radical (unpaired) electrons. The number of halogens is 4. The van der Waals surface area contributed by atoms with E-state index >= 15 is 19.2 Å². The van der Waals surface area contributed by atoms with Crippen molar-refractivity contribution in [3.05, 3.63) is 129 Å². The molecular formula is C54H44Cl4N6O8. The van der Waals surface area contributed by atoms with Crippen LogP contribution in [0.25, 0.3) is 43.6 Å². The molecular weight excluding hydrogens is 1000 g/mol. The number of fused-ring (bicyclic) bond motifs is 20. The van der Waals surface area contributed by atoms with Crippen LogP contribution >= 0.6 is 46.4 Å². The minimum Gasteiger partial charge on any atom is -0.349 e. The van der Waals surface area contributed by atoms with E-state index in [2.05, 4.69) is 0 Å². The molecule has 14 nitrogen and oxygen atoms in total. The number of rotatable bonds is 8. The van der Waals surface area contributed by atoms with Gasteiger partial charge in [0.05, 0.1) is 81.6 Å². The molecule has 18 heteroatoms. The van der Waals surface area contributed by atoms with Gasteiger partial charge in [0.1, 0.15) is 0 Å². The van der Waals surface area contributed by atoms with E-state index in [0.29, 0.717) is 54.7 Å². The predicted molar refractivity (Wildman–Crippen MR) is 268 cm³/mol. The highest BCUT2D eigenvalue weighted by molar-refractivity contribution is 6.37. The summed E-state index contributed by atoms with van der Waals surface area (Å²) in [5.41, 5.74) is 8.27. The Hall–Kier alpha value is -5.42. The summed E-state index contributed by atoms with van der Waals surface area (Å²) in [6.07, 6.45) is 0. The molecule has 8 atom stereocenters. The first-order chi connectivity index (χ1) is 34.3. The molecule has 0 spiro atoms. The molecule has 2 saturated carbocycles. The van der Waals surface area contributed by atoms with Gasteiger partial charge in [0.25, 0.3) is 0 Å². The molecule has 4 aliphatic carbocycles. The van der Waals surface area contributed by atoms with Crippen LogP contribution < -0.4 is 0 Å². The number of benzene rings is 5. The maximum Gasteiger partial charge on any atom is 0.235 e. The quantitative estimate of drug-likeness (QED) is 0.0619. The maximum atomic E-state index is 15.2. The average Bonchev–Trinajstić information content (AvgIpc) is 4.01. The molecule has 4 bridgehead atoms. The molecule has 13 rings (SSSR count). The highest BCUT2D eigenvalue weighted by Crippen LogP contribution is 2.78.